The minimum Gasteiger partial charge on any atom is -0.282 e. The first-order chi connectivity index (χ1) is 7.05. The average molecular weight is 232 g/mol. The van der Waals surface area contributed by atoms with Gasteiger partial charge in [-0.05, 0) is 19.3 Å². The SMILES string of the molecule is CCC1(C)CC(=O)N(CCCCCl)C1=O. The summed E-state index contributed by atoms with van der Waals surface area (Å²) in [5, 5.41) is 0. The molecule has 1 heterocycles. The van der Waals surface area contributed by atoms with Gasteiger partial charge in [-0.1, -0.05) is 13.8 Å². The molecule has 0 aromatic heterocycles. The highest BCUT2D eigenvalue weighted by molar-refractivity contribution is 6.17. The highest BCUT2D eigenvalue weighted by atomic mass is 35.5. The molecule has 0 N–H and O–H groups in total. The van der Waals surface area contributed by atoms with Gasteiger partial charge >= 0.3 is 0 Å². The summed E-state index contributed by atoms with van der Waals surface area (Å²) >= 11 is 5.55. The number of carbonyl (C=O) groups excluding carboxylic acids is 2. The number of alkyl halides is 1. The molecular formula is C11H18ClNO2. The van der Waals surface area contributed by atoms with Gasteiger partial charge in [0.15, 0.2) is 0 Å². The molecule has 3 nitrogen and oxygen atoms in total. The van der Waals surface area contributed by atoms with Crippen LogP contribution in [-0.2, 0) is 9.59 Å². The minimum absolute atomic E-state index is 0.00966. The van der Waals surface area contributed by atoms with Gasteiger partial charge in [-0.25, -0.2) is 0 Å². The van der Waals surface area contributed by atoms with Gasteiger partial charge in [0, 0.05) is 18.8 Å². The van der Waals surface area contributed by atoms with Crippen LogP contribution >= 0.6 is 11.6 Å². The Morgan fingerprint density at radius 3 is 2.53 bits per heavy atom. The minimum atomic E-state index is -0.460. The van der Waals surface area contributed by atoms with Gasteiger partial charge in [-0.3, -0.25) is 14.5 Å². The number of unbranched alkanes of at least 4 members (excludes halogenated alkanes) is 1. The summed E-state index contributed by atoms with van der Waals surface area (Å²) < 4.78 is 0. The zero-order valence-corrected chi connectivity index (χ0v) is 10.1. The molecule has 1 atom stereocenters. The second kappa shape index (κ2) is 4.97. The van der Waals surface area contributed by atoms with Crippen molar-refractivity contribution in [2.75, 3.05) is 12.4 Å². The molecule has 1 aliphatic rings. The third-order valence-electron chi connectivity index (χ3n) is 3.15. The van der Waals surface area contributed by atoms with Crippen LogP contribution in [0.4, 0.5) is 0 Å². The number of likely N-dealkylation sites (tertiary alicyclic amines) is 1. The van der Waals surface area contributed by atoms with Crippen molar-refractivity contribution in [3.63, 3.8) is 0 Å². The topological polar surface area (TPSA) is 37.4 Å². The maximum Gasteiger partial charge on any atom is 0.235 e. The first-order valence-corrected chi connectivity index (χ1v) is 5.99. The lowest BCUT2D eigenvalue weighted by molar-refractivity contribution is -0.141. The van der Waals surface area contributed by atoms with E-state index in [9.17, 15) is 9.59 Å². The molecule has 1 unspecified atom stereocenters. The third kappa shape index (κ3) is 2.51. The summed E-state index contributed by atoms with van der Waals surface area (Å²) in [6.45, 7) is 4.35. The Bertz CT molecular complexity index is 267. The molecule has 15 heavy (non-hydrogen) atoms. The van der Waals surface area contributed by atoms with Crippen molar-refractivity contribution in [2.24, 2.45) is 5.41 Å². The van der Waals surface area contributed by atoms with Crippen LogP contribution in [0.1, 0.15) is 39.5 Å². The maximum absolute atomic E-state index is 11.9. The first kappa shape index (κ1) is 12.5. The number of nitrogens with zero attached hydrogens (tertiary/aromatic N) is 1. The molecule has 0 aromatic carbocycles. The Kier molecular flexibility index (Phi) is 4.14. The van der Waals surface area contributed by atoms with E-state index in [-0.39, 0.29) is 11.8 Å². The fourth-order valence-corrected chi connectivity index (χ4v) is 2.00. The Balaban J connectivity index is 2.59. The van der Waals surface area contributed by atoms with Gasteiger partial charge in [0.1, 0.15) is 0 Å². The molecule has 0 aliphatic carbocycles. The number of hydrogen-bond donors (Lipinski definition) is 0. The number of carbonyl (C=O) groups is 2. The summed E-state index contributed by atoms with van der Waals surface area (Å²) in [7, 11) is 0. The van der Waals surface area contributed by atoms with Crippen LogP contribution in [0, 0.1) is 5.41 Å². The zero-order valence-electron chi connectivity index (χ0n) is 9.38. The fourth-order valence-electron chi connectivity index (χ4n) is 1.81. The quantitative estimate of drug-likeness (QED) is 0.413. The van der Waals surface area contributed by atoms with Crippen molar-refractivity contribution in [3.8, 4) is 0 Å². The molecule has 2 amide bonds. The fraction of sp³-hybridized carbons (Fsp3) is 0.818. The van der Waals surface area contributed by atoms with Crippen LogP contribution in [-0.4, -0.2) is 29.1 Å². The summed E-state index contributed by atoms with van der Waals surface area (Å²) in [5.74, 6) is 0.546. The molecule has 4 heteroatoms. The van der Waals surface area contributed by atoms with Crippen LogP contribution in [0.15, 0.2) is 0 Å². The van der Waals surface area contributed by atoms with Gasteiger partial charge in [0.25, 0.3) is 0 Å². The summed E-state index contributed by atoms with van der Waals surface area (Å²) in [6, 6.07) is 0. The van der Waals surface area contributed by atoms with E-state index < -0.39 is 5.41 Å². The normalized spacial score (nSPS) is 26.5. The van der Waals surface area contributed by atoms with Crippen molar-refractivity contribution in [2.45, 2.75) is 39.5 Å². The van der Waals surface area contributed by atoms with E-state index in [0.29, 0.717) is 18.8 Å². The van der Waals surface area contributed by atoms with E-state index in [0.717, 1.165) is 19.3 Å². The summed E-state index contributed by atoms with van der Waals surface area (Å²) in [6.07, 6.45) is 2.75. The predicted molar refractivity (Wildman–Crippen MR) is 59.7 cm³/mol. The van der Waals surface area contributed by atoms with Gasteiger partial charge in [-0.15, -0.1) is 11.6 Å². The second-order valence-corrected chi connectivity index (χ2v) is 4.72. The van der Waals surface area contributed by atoms with E-state index in [1.165, 1.54) is 4.90 Å². The van der Waals surface area contributed by atoms with Crippen LogP contribution in [0.25, 0.3) is 0 Å². The maximum atomic E-state index is 11.9. The highest BCUT2D eigenvalue weighted by Gasteiger charge is 2.46. The van der Waals surface area contributed by atoms with Gasteiger partial charge < -0.3 is 0 Å². The Hall–Kier alpha value is -0.570. The van der Waals surface area contributed by atoms with E-state index in [1.807, 2.05) is 13.8 Å². The molecule has 0 aromatic rings. The van der Waals surface area contributed by atoms with Crippen LogP contribution in [0.3, 0.4) is 0 Å². The standard InChI is InChI=1S/C11H18ClNO2/c1-3-11(2)8-9(14)13(10(11)15)7-5-4-6-12/h3-8H2,1-2H3. The number of amides is 2. The van der Waals surface area contributed by atoms with Gasteiger partial charge in [-0.2, -0.15) is 0 Å². The number of imide groups is 1. The van der Waals surface area contributed by atoms with Gasteiger partial charge in [0.05, 0.1) is 5.41 Å². The van der Waals surface area contributed by atoms with E-state index >= 15 is 0 Å². The van der Waals surface area contributed by atoms with Crippen LogP contribution in [0.5, 0.6) is 0 Å². The molecule has 0 saturated carbocycles. The Morgan fingerprint density at radius 1 is 1.40 bits per heavy atom. The molecule has 1 aliphatic heterocycles. The molecule has 0 spiro atoms. The van der Waals surface area contributed by atoms with Crippen molar-refractivity contribution >= 4 is 23.4 Å². The van der Waals surface area contributed by atoms with Crippen molar-refractivity contribution < 1.29 is 9.59 Å². The molecule has 0 bridgehead atoms. The lowest BCUT2D eigenvalue weighted by atomic mass is 9.86. The van der Waals surface area contributed by atoms with Crippen molar-refractivity contribution in [1.29, 1.82) is 0 Å². The zero-order chi connectivity index (χ0) is 11.5. The highest BCUT2D eigenvalue weighted by Crippen LogP contribution is 2.35. The van der Waals surface area contributed by atoms with E-state index in [1.54, 1.807) is 0 Å². The van der Waals surface area contributed by atoms with Crippen LogP contribution in [0.2, 0.25) is 0 Å². The van der Waals surface area contributed by atoms with Crippen molar-refractivity contribution in [3.05, 3.63) is 0 Å². The van der Waals surface area contributed by atoms with Crippen LogP contribution < -0.4 is 0 Å². The van der Waals surface area contributed by atoms with Crippen molar-refractivity contribution in [1.82, 2.24) is 4.90 Å². The van der Waals surface area contributed by atoms with E-state index in [2.05, 4.69) is 0 Å². The molecule has 1 rings (SSSR count). The molecule has 1 saturated heterocycles. The molecular weight excluding hydrogens is 214 g/mol. The second-order valence-electron chi connectivity index (χ2n) is 4.34. The Labute approximate surface area is 95.8 Å². The molecule has 86 valence electrons. The lowest BCUT2D eigenvalue weighted by Crippen LogP contribution is -2.34. The third-order valence-corrected chi connectivity index (χ3v) is 3.42. The summed E-state index contributed by atoms with van der Waals surface area (Å²) in [5.41, 5.74) is -0.460. The number of hydrogen-bond acceptors (Lipinski definition) is 2. The molecule has 1 fully saturated rings. The number of halogens is 1. The molecule has 0 radical (unpaired) electrons. The smallest absolute Gasteiger partial charge is 0.235 e. The largest absolute Gasteiger partial charge is 0.282 e. The van der Waals surface area contributed by atoms with E-state index in [4.69, 9.17) is 11.6 Å². The average Bonchev–Trinajstić information content (AvgIpc) is 2.42. The van der Waals surface area contributed by atoms with Gasteiger partial charge in [0.2, 0.25) is 11.8 Å². The monoisotopic (exact) mass is 231 g/mol. The Morgan fingerprint density at radius 2 is 2.07 bits per heavy atom. The first-order valence-electron chi connectivity index (χ1n) is 5.46. The lowest BCUT2D eigenvalue weighted by Gasteiger charge is -2.20. The predicted octanol–water partition coefficient (Wildman–Crippen LogP) is 2.18. The summed E-state index contributed by atoms with van der Waals surface area (Å²) in [4.78, 5) is 25.0. The number of rotatable bonds is 5.